The molecule has 3 aromatic rings. The fourth-order valence-electron chi connectivity index (χ4n) is 2.35. The van der Waals surface area contributed by atoms with E-state index in [1.807, 2.05) is 25.1 Å². The van der Waals surface area contributed by atoms with Gasteiger partial charge in [0.15, 0.2) is 5.69 Å². The molecular formula is C16H15N5O3S2. The summed E-state index contributed by atoms with van der Waals surface area (Å²) < 4.78 is 22.5. The molecule has 0 fully saturated rings. The number of aromatic nitrogens is 1. The van der Waals surface area contributed by atoms with Crippen LogP contribution >= 0.6 is 12.2 Å². The molecule has 3 rings (SSSR count). The first kappa shape index (κ1) is 18.0. The maximum atomic E-state index is 11.2. The molecule has 134 valence electrons. The Balaban J connectivity index is 1.78. The van der Waals surface area contributed by atoms with Gasteiger partial charge in [-0.05, 0) is 55.5 Å². The predicted molar refractivity (Wildman–Crippen MR) is 103 cm³/mol. The molecule has 0 saturated heterocycles. The largest absolute Gasteiger partial charge is 0.493 e. The number of fused-ring (bicyclic) bond motifs is 1. The molecule has 26 heavy (non-hydrogen) atoms. The van der Waals surface area contributed by atoms with Crippen LogP contribution in [0.4, 0.5) is 11.4 Å². The van der Waals surface area contributed by atoms with E-state index in [9.17, 15) is 13.5 Å². The number of hydrogen-bond acceptors (Lipinski definition) is 5. The van der Waals surface area contributed by atoms with Crippen molar-refractivity contribution in [3.8, 4) is 5.88 Å². The molecule has 2 aromatic carbocycles. The van der Waals surface area contributed by atoms with Crippen LogP contribution in [0.25, 0.3) is 10.9 Å². The molecule has 0 unspecified atom stereocenters. The number of sulfonamides is 1. The highest BCUT2D eigenvalue weighted by Gasteiger charge is 2.11. The molecule has 1 aromatic heterocycles. The molecule has 0 amide bonds. The van der Waals surface area contributed by atoms with Gasteiger partial charge >= 0.3 is 0 Å². The first-order chi connectivity index (χ1) is 12.2. The first-order valence-electron chi connectivity index (χ1n) is 7.41. The fraction of sp³-hybridized carbons (Fsp3) is 0.0625. The van der Waals surface area contributed by atoms with E-state index in [0.29, 0.717) is 5.69 Å². The van der Waals surface area contributed by atoms with Crippen LogP contribution in [0.5, 0.6) is 5.88 Å². The topological polar surface area (TPSA) is 133 Å². The molecular weight excluding hydrogens is 374 g/mol. The Morgan fingerprint density at radius 2 is 1.92 bits per heavy atom. The Morgan fingerprint density at radius 3 is 2.58 bits per heavy atom. The normalized spacial score (nSPS) is 11.9. The van der Waals surface area contributed by atoms with Gasteiger partial charge in [0, 0.05) is 11.1 Å². The monoisotopic (exact) mass is 389 g/mol. The molecule has 0 aliphatic carbocycles. The molecule has 10 heteroatoms. The lowest BCUT2D eigenvalue weighted by Crippen LogP contribution is -2.12. The average molecular weight is 389 g/mol. The number of H-pyrrole nitrogens is 1. The second-order valence-corrected chi connectivity index (χ2v) is 7.52. The summed E-state index contributed by atoms with van der Waals surface area (Å²) >= 11 is 5.10. The number of aromatic amines is 1. The van der Waals surface area contributed by atoms with Gasteiger partial charge in [0.2, 0.25) is 21.0 Å². The molecule has 0 saturated carbocycles. The zero-order chi connectivity index (χ0) is 18.9. The molecule has 5 N–H and O–H groups in total. The highest BCUT2D eigenvalue weighted by Crippen LogP contribution is 2.35. The van der Waals surface area contributed by atoms with Crippen molar-refractivity contribution in [3.63, 3.8) is 0 Å². The quantitative estimate of drug-likeness (QED) is 0.403. The van der Waals surface area contributed by atoms with E-state index in [2.05, 4.69) is 20.5 Å². The van der Waals surface area contributed by atoms with Gasteiger partial charge in [0.25, 0.3) is 0 Å². The van der Waals surface area contributed by atoms with Crippen molar-refractivity contribution in [2.45, 2.75) is 11.8 Å². The van der Waals surface area contributed by atoms with E-state index in [1.54, 1.807) is 0 Å². The van der Waals surface area contributed by atoms with Gasteiger partial charge in [-0.2, -0.15) is 0 Å². The summed E-state index contributed by atoms with van der Waals surface area (Å²) in [6, 6.07) is 11.4. The summed E-state index contributed by atoms with van der Waals surface area (Å²) in [4.78, 5) is 2.81. The van der Waals surface area contributed by atoms with Crippen LogP contribution in [0, 0.1) is 6.92 Å². The number of nitrogens with one attached hydrogen (secondary N) is 2. The number of aromatic hydroxyl groups is 1. The minimum absolute atomic E-state index is 0.00493. The van der Waals surface area contributed by atoms with Gasteiger partial charge in [0.05, 0.1) is 10.4 Å². The highest BCUT2D eigenvalue weighted by molar-refractivity contribution is 7.89. The van der Waals surface area contributed by atoms with Crippen molar-refractivity contribution >= 4 is 49.6 Å². The van der Waals surface area contributed by atoms with Gasteiger partial charge < -0.3 is 15.4 Å². The van der Waals surface area contributed by atoms with Crippen LogP contribution in [-0.2, 0) is 10.0 Å². The summed E-state index contributed by atoms with van der Waals surface area (Å²) in [5.41, 5.74) is 2.57. The van der Waals surface area contributed by atoms with Gasteiger partial charge in [-0.25, -0.2) is 13.6 Å². The molecule has 0 aliphatic rings. The molecule has 0 radical (unpaired) electrons. The van der Waals surface area contributed by atoms with Crippen LogP contribution in [0.1, 0.15) is 5.56 Å². The number of nitrogens with two attached hydrogens (primary N) is 1. The lowest BCUT2D eigenvalue weighted by Gasteiger charge is -2.04. The summed E-state index contributed by atoms with van der Waals surface area (Å²) in [6.07, 6.45) is 0. The van der Waals surface area contributed by atoms with E-state index in [4.69, 9.17) is 17.4 Å². The Hall–Kier alpha value is -2.82. The van der Waals surface area contributed by atoms with Crippen molar-refractivity contribution in [1.29, 1.82) is 0 Å². The summed E-state index contributed by atoms with van der Waals surface area (Å²) in [5.74, 6) is -0.102. The van der Waals surface area contributed by atoms with Gasteiger partial charge in [0.1, 0.15) is 0 Å². The third kappa shape index (κ3) is 3.87. The zero-order valence-corrected chi connectivity index (χ0v) is 15.2. The van der Waals surface area contributed by atoms with Gasteiger partial charge in [-0.3, -0.25) is 0 Å². The number of hydrogen-bond donors (Lipinski definition) is 4. The number of nitrogens with zero attached hydrogens (tertiary/aromatic N) is 2. The van der Waals surface area contributed by atoms with E-state index < -0.39 is 10.0 Å². The summed E-state index contributed by atoms with van der Waals surface area (Å²) in [7, 11) is -3.75. The van der Waals surface area contributed by atoms with Crippen LogP contribution in [0.15, 0.2) is 57.6 Å². The maximum Gasteiger partial charge on any atom is 0.238 e. The Morgan fingerprint density at radius 1 is 1.23 bits per heavy atom. The first-order valence-corrected chi connectivity index (χ1v) is 9.36. The molecule has 0 atom stereocenters. The van der Waals surface area contributed by atoms with Crippen LogP contribution in [0.3, 0.4) is 0 Å². The number of azo groups is 1. The Labute approximate surface area is 154 Å². The van der Waals surface area contributed by atoms with Crippen LogP contribution < -0.4 is 10.5 Å². The summed E-state index contributed by atoms with van der Waals surface area (Å²) in [5, 5.41) is 26.5. The second kappa shape index (κ2) is 6.83. The molecule has 0 spiro atoms. The van der Waals surface area contributed by atoms with Gasteiger partial charge in [-0.15, -0.1) is 10.2 Å². The Kier molecular flexibility index (Phi) is 4.72. The lowest BCUT2D eigenvalue weighted by molar-refractivity contribution is 0.459. The highest BCUT2D eigenvalue weighted by atomic mass is 32.2. The molecule has 0 aliphatic heterocycles. The van der Waals surface area contributed by atoms with Crippen LogP contribution in [0.2, 0.25) is 0 Å². The lowest BCUT2D eigenvalue weighted by atomic mass is 10.2. The minimum Gasteiger partial charge on any atom is -0.493 e. The van der Waals surface area contributed by atoms with E-state index in [-0.39, 0.29) is 21.6 Å². The number of benzene rings is 2. The smallest absolute Gasteiger partial charge is 0.238 e. The van der Waals surface area contributed by atoms with Crippen molar-refractivity contribution in [3.05, 3.63) is 48.0 Å². The molecule has 8 nitrogen and oxygen atoms in total. The van der Waals surface area contributed by atoms with Crippen molar-refractivity contribution < 1.29 is 13.5 Å². The summed E-state index contributed by atoms with van der Waals surface area (Å²) in [6.45, 7) is 1.93. The molecule has 0 bridgehead atoms. The fourth-order valence-corrected chi connectivity index (χ4v) is 3.02. The van der Waals surface area contributed by atoms with Crippen molar-refractivity contribution in [2.75, 3.05) is 5.32 Å². The number of thiocarbonyl (C=S) groups is 1. The van der Waals surface area contributed by atoms with Crippen molar-refractivity contribution in [1.82, 2.24) is 4.98 Å². The van der Waals surface area contributed by atoms with Crippen LogP contribution in [-0.4, -0.2) is 23.6 Å². The predicted octanol–water partition coefficient (Wildman–Crippen LogP) is 3.31. The zero-order valence-electron chi connectivity index (χ0n) is 13.6. The number of anilines is 1. The standard InChI is InChI=1S/C16H15N5O3S2/c1-9-2-7-13-12(8-9)14(15(22)19-13)20-21-16(25)18-10-3-5-11(6-4-10)26(17,23)24/h2-8,19,22H,1H3,(H,18,25)(H2,17,23,24). The average Bonchev–Trinajstić information content (AvgIpc) is 2.87. The van der Waals surface area contributed by atoms with E-state index >= 15 is 0 Å². The maximum absolute atomic E-state index is 11.2. The van der Waals surface area contributed by atoms with E-state index in [1.165, 1.54) is 24.3 Å². The minimum atomic E-state index is -3.75. The molecule has 1 heterocycles. The third-order valence-corrected chi connectivity index (χ3v) is 4.70. The SMILES string of the molecule is Cc1ccc2[nH]c(O)c(N=NC(=S)Nc3ccc(S(N)(=O)=O)cc3)c2c1. The van der Waals surface area contributed by atoms with Gasteiger partial charge in [-0.1, -0.05) is 11.6 Å². The number of primary sulfonamides is 1. The second-order valence-electron chi connectivity index (χ2n) is 5.57. The van der Waals surface area contributed by atoms with Crippen molar-refractivity contribution in [2.24, 2.45) is 15.4 Å². The number of aryl methyl sites for hydroxylation is 1. The third-order valence-electron chi connectivity index (χ3n) is 3.58. The van der Waals surface area contributed by atoms with E-state index in [0.717, 1.165) is 16.5 Å². The Bertz CT molecular complexity index is 1120. The number of rotatable bonds is 3.